The van der Waals surface area contributed by atoms with E-state index in [4.69, 9.17) is 9.41 Å². The van der Waals surface area contributed by atoms with Crippen LogP contribution in [0.25, 0.3) is 33.4 Å². The van der Waals surface area contributed by atoms with E-state index in [1.54, 1.807) is 59.2 Å². The van der Waals surface area contributed by atoms with E-state index in [2.05, 4.69) is 16.0 Å². The number of nitrogens with one attached hydrogen (secondary N) is 3. The van der Waals surface area contributed by atoms with Crippen molar-refractivity contribution in [1.82, 2.24) is 9.80 Å². The van der Waals surface area contributed by atoms with Crippen molar-refractivity contribution < 1.29 is 39.9 Å². The minimum absolute atomic E-state index is 0.0261. The molecule has 4 aromatic carbocycles. The van der Waals surface area contributed by atoms with Gasteiger partial charge in [-0.3, -0.25) is 9.11 Å². The Hall–Kier alpha value is -6.27. The van der Waals surface area contributed by atoms with Gasteiger partial charge in [0.2, 0.25) is 0 Å². The van der Waals surface area contributed by atoms with E-state index < -0.39 is 26.3 Å². The summed E-state index contributed by atoms with van der Waals surface area (Å²) in [6, 6.07) is 17.4. The van der Waals surface area contributed by atoms with Crippen molar-refractivity contribution in [3.05, 3.63) is 105 Å². The van der Waals surface area contributed by atoms with Crippen molar-refractivity contribution in [2.45, 2.75) is 131 Å². The number of nitrogens with zero attached hydrogens (tertiary/aromatic N) is 3. The van der Waals surface area contributed by atoms with Crippen molar-refractivity contribution in [2.24, 2.45) is 4.99 Å². The quantitative estimate of drug-likeness (QED) is 0.0578. The number of urea groups is 2. The number of hydrogen-bond acceptors (Lipinski definition) is 9. The highest BCUT2D eigenvalue weighted by Crippen LogP contribution is 2.44. The standard InChI is InChI=1S/C51H62N6O9S2/c1-26(2)56(27(3)4)50(58)54-46-31(10)23-30(9)45(32(46)11)52-36-19-21-38-41(24-36)66-42-25-37(20-22-39(42)44(38)40-17-15-16-18-43(40)67(60,61)62)53-47-33(12)48(35(14)49(34(47)13)68(63,64)65)55-51(59)57(28(5)6)29(7)8/h15-29,52H,1-14H3,(H,54,58)(H,55,59)(H,60,61,62)(H,63,64,65)/b53-37+. The monoisotopic (exact) mass is 966 g/mol. The summed E-state index contributed by atoms with van der Waals surface area (Å²) in [6.07, 6.45) is 0. The summed E-state index contributed by atoms with van der Waals surface area (Å²) < 4.78 is 79.3. The third kappa shape index (κ3) is 10.1. The molecule has 1 aliphatic carbocycles. The predicted octanol–water partition coefficient (Wildman–Crippen LogP) is 11.8. The van der Waals surface area contributed by atoms with Gasteiger partial charge in [0.15, 0.2) is 0 Å². The van der Waals surface area contributed by atoms with Crippen LogP contribution in [-0.4, -0.2) is 72.0 Å². The summed E-state index contributed by atoms with van der Waals surface area (Å²) >= 11 is 0. The van der Waals surface area contributed by atoms with Crippen LogP contribution in [-0.2, 0) is 20.2 Å². The SMILES string of the molecule is Cc1cc(C)c(Nc2ccc3c(-c4ccccc4S(=O)(=O)O)c4cc/c(=N\c5c(C)c(NC(=O)N(C(C)C)C(C)C)c(C)c(S(=O)(=O)O)c5C)cc-4oc3c2)c(C)c1NC(=O)N(C(C)C)C(C)C. The molecule has 5 N–H and O–H groups in total. The molecule has 0 aromatic heterocycles. The molecule has 4 amide bonds. The lowest BCUT2D eigenvalue weighted by atomic mass is 9.93. The molecule has 0 fully saturated rings. The van der Waals surface area contributed by atoms with Gasteiger partial charge in [-0.05, 0) is 161 Å². The van der Waals surface area contributed by atoms with Gasteiger partial charge in [0.1, 0.15) is 21.1 Å². The molecule has 0 unspecified atom stereocenters. The first kappa shape index (κ1) is 51.1. The maximum absolute atomic E-state index is 13.7. The molecule has 362 valence electrons. The zero-order valence-corrected chi connectivity index (χ0v) is 42.7. The molecule has 0 spiro atoms. The van der Waals surface area contributed by atoms with E-state index in [0.29, 0.717) is 44.4 Å². The van der Waals surface area contributed by atoms with Crippen molar-refractivity contribution in [3.8, 4) is 22.5 Å². The second-order valence-electron chi connectivity index (χ2n) is 18.4. The molecule has 0 saturated carbocycles. The summed E-state index contributed by atoms with van der Waals surface area (Å²) in [4.78, 5) is 34.8. The molecule has 0 radical (unpaired) electrons. The number of hydrogen-bond donors (Lipinski definition) is 5. The lowest BCUT2D eigenvalue weighted by Gasteiger charge is -2.31. The first-order valence-corrected chi connectivity index (χ1v) is 25.3. The second-order valence-corrected chi connectivity index (χ2v) is 21.2. The van der Waals surface area contributed by atoms with Gasteiger partial charge in [-0.2, -0.15) is 16.8 Å². The minimum atomic E-state index is -4.81. The normalized spacial score (nSPS) is 12.5. The Bertz CT molecular complexity index is 3230. The predicted molar refractivity (Wildman–Crippen MR) is 270 cm³/mol. The summed E-state index contributed by atoms with van der Waals surface area (Å²) in [5.41, 5.74) is 7.26. The third-order valence-electron chi connectivity index (χ3n) is 12.2. The lowest BCUT2D eigenvalue weighted by Crippen LogP contribution is -2.44. The number of amides is 4. The fourth-order valence-corrected chi connectivity index (χ4v) is 11.1. The van der Waals surface area contributed by atoms with Gasteiger partial charge in [-0.1, -0.05) is 24.3 Å². The van der Waals surface area contributed by atoms with E-state index in [0.717, 1.165) is 22.4 Å². The van der Waals surface area contributed by atoms with Crippen LogP contribution in [0.3, 0.4) is 0 Å². The number of anilines is 4. The van der Waals surface area contributed by atoms with Crippen LogP contribution in [0.15, 0.2) is 85.9 Å². The van der Waals surface area contributed by atoms with Crippen LogP contribution < -0.4 is 21.3 Å². The molecule has 15 nitrogen and oxygen atoms in total. The summed E-state index contributed by atoms with van der Waals surface area (Å²) in [5, 5.41) is 10.4. The lowest BCUT2D eigenvalue weighted by molar-refractivity contribution is 0.177. The first-order valence-electron chi connectivity index (χ1n) is 22.4. The number of rotatable bonds is 12. The fourth-order valence-electron chi connectivity index (χ4n) is 9.46. The van der Waals surface area contributed by atoms with Crippen molar-refractivity contribution >= 4 is 71.7 Å². The van der Waals surface area contributed by atoms with Gasteiger partial charge in [0.25, 0.3) is 20.2 Å². The van der Waals surface area contributed by atoms with E-state index in [1.807, 2.05) is 88.3 Å². The van der Waals surface area contributed by atoms with E-state index in [1.165, 1.54) is 26.0 Å². The molecule has 2 aliphatic rings. The highest BCUT2D eigenvalue weighted by molar-refractivity contribution is 7.86. The highest BCUT2D eigenvalue weighted by Gasteiger charge is 2.29. The molecule has 0 saturated heterocycles. The Labute approximate surface area is 399 Å². The van der Waals surface area contributed by atoms with Crippen LogP contribution in [0, 0.1) is 41.5 Å². The highest BCUT2D eigenvalue weighted by atomic mass is 32.2. The zero-order valence-electron chi connectivity index (χ0n) is 41.1. The van der Waals surface area contributed by atoms with Crippen molar-refractivity contribution in [3.63, 3.8) is 0 Å². The molecule has 0 atom stereocenters. The van der Waals surface area contributed by atoms with Gasteiger partial charge < -0.3 is 30.2 Å². The average molecular weight is 967 g/mol. The fraction of sp³-hybridized carbons (Fsp3) is 0.353. The number of benzene rings is 5. The number of aryl methyl sites for hydroxylation is 2. The van der Waals surface area contributed by atoms with Gasteiger partial charge in [-0.15, -0.1) is 0 Å². The van der Waals surface area contributed by atoms with E-state index in [9.17, 15) is 35.5 Å². The Morgan fingerprint density at radius 3 is 1.72 bits per heavy atom. The van der Waals surface area contributed by atoms with Crippen LogP contribution in [0.2, 0.25) is 0 Å². The molecular formula is C51H62N6O9S2. The van der Waals surface area contributed by atoms with Crippen LogP contribution in [0.4, 0.5) is 38.0 Å². The Morgan fingerprint density at radius 2 is 1.16 bits per heavy atom. The third-order valence-corrected chi connectivity index (χ3v) is 14.2. The largest absolute Gasteiger partial charge is 0.456 e. The summed E-state index contributed by atoms with van der Waals surface area (Å²) in [5.74, 6) is 0.263. The molecule has 1 heterocycles. The van der Waals surface area contributed by atoms with Gasteiger partial charge in [-0.25, -0.2) is 14.6 Å². The maximum Gasteiger partial charge on any atom is 0.322 e. The Kier molecular flexibility index (Phi) is 14.6. The molecule has 17 heteroatoms. The molecular weight excluding hydrogens is 905 g/mol. The second kappa shape index (κ2) is 19.4. The van der Waals surface area contributed by atoms with E-state index in [-0.39, 0.29) is 73.8 Å². The van der Waals surface area contributed by atoms with Gasteiger partial charge in [0, 0.05) is 69.8 Å². The molecule has 68 heavy (non-hydrogen) atoms. The molecule has 1 aliphatic heterocycles. The van der Waals surface area contributed by atoms with Crippen molar-refractivity contribution in [2.75, 3.05) is 16.0 Å². The number of carbonyl (C=O) groups is 2. The zero-order chi connectivity index (χ0) is 50.5. The maximum atomic E-state index is 13.7. The van der Waals surface area contributed by atoms with Crippen LogP contribution >= 0.6 is 0 Å². The Morgan fingerprint density at radius 1 is 0.603 bits per heavy atom. The topological polar surface area (TPSA) is 211 Å². The summed E-state index contributed by atoms with van der Waals surface area (Å²) in [7, 11) is -9.52. The first-order chi connectivity index (χ1) is 31.6. The molecule has 0 bridgehead atoms. The number of carbonyl (C=O) groups excluding carboxylic acids is 2. The van der Waals surface area contributed by atoms with E-state index >= 15 is 0 Å². The molecule has 6 rings (SSSR count). The van der Waals surface area contributed by atoms with Crippen LogP contribution in [0.1, 0.15) is 88.8 Å². The smallest absolute Gasteiger partial charge is 0.322 e. The Balaban J connectivity index is 1.58. The number of fused-ring (bicyclic) bond motifs is 2. The average Bonchev–Trinajstić information content (AvgIpc) is 3.21. The summed E-state index contributed by atoms with van der Waals surface area (Å²) in [6.45, 7) is 26.0. The van der Waals surface area contributed by atoms with Gasteiger partial charge in [0.05, 0.1) is 22.4 Å². The minimum Gasteiger partial charge on any atom is -0.456 e. The van der Waals surface area contributed by atoms with Crippen LogP contribution in [0.5, 0.6) is 0 Å². The van der Waals surface area contributed by atoms with Crippen molar-refractivity contribution in [1.29, 1.82) is 0 Å². The molecule has 4 aromatic rings. The van der Waals surface area contributed by atoms with Gasteiger partial charge >= 0.3 is 12.1 Å².